The van der Waals surface area contributed by atoms with Crippen LogP contribution in [0.1, 0.15) is 82.2 Å². The lowest BCUT2D eigenvalue weighted by Gasteiger charge is -2.21. The zero-order valence-electron chi connectivity index (χ0n) is 40.6. The van der Waals surface area contributed by atoms with E-state index in [9.17, 15) is 0 Å². The Balaban J connectivity index is 0.000000133. The van der Waals surface area contributed by atoms with E-state index in [1.807, 2.05) is 20.8 Å². The van der Waals surface area contributed by atoms with Gasteiger partial charge >= 0.3 is 0 Å². The molecule has 0 saturated heterocycles. The molecule has 67 heavy (non-hydrogen) atoms. The summed E-state index contributed by atoms with van der Waals surface area (Å²) >= 11 is 0. The smallest absolute Gasteiger partial charge is 0.0541 e. The molecule has 0 aliphatic heterocycles. The number of hydrogen-bond acceptors (Lipinski definition) is 0. The highest BCUT2D eigenvalue weighted by Gasteiger charge is 2.34. The Morgan fingerprint density at radius 2 is 0.910 bits per heavy atom. The van der Waals surface area contributed by atoms with Crippen LogP contribution in [-0.2, 0) is 5.41 Å². The summed E-state index contributed by atoms with van der Waals surface area (Å²) in [5.41, 5.74) is 20.2. The first-order valence-electron chi connectivity index (χ1n) is 24.0. The van der Waals surface area contributed by atoms with Crippen molar-refractivity contribution < 1.29 is 0 Å². The molecule has 0 radical (unpaired) electrons. The van der Waals surface area contributed by atoms with Crippen LogP contribution in [0.5, 0.6) is 0 Å². The number of allylic oxidation sites excluding steroid dienone is 5. The van der Waals surface area contributed by atoms with E-state index in [-0.39, 0.29) is 5.41 Å². The van der Waals surface area contributed by atoms with Crippen LogP contribution < -0.4 is 0 Å². The Kier molecular flexibility index (Phi) is 14.0. The maximum absolute atomic E-state index is 3.36. The van der Waals surface area contributed by atoms with Gasteiger partial charge in [0, 0.05) is 38.3 Å². The summed E-state index contributed by atoms with van der Waals surface area (Å²) in [5.74, 6) is 0. The molecule has 2 nitrogen and oxygen atoms in total. The van der Waals surface area contributed by atoms with Crippen LogP contribution in [0.25, 0.3) is 71.7 Å². The molecule has 0 atom stereocenters. The second-order valence-corrected chi connectivity index (χ2v) is 18.0. The summed E-state index contributed by atoms with van der Waals surface area (Å²) in [6.07, 6.45) is 8.57. The topological polar surface area (TPSA) is 9.86 Å². The van der Waals surface area contributed by atoms with E-state index < -0.39 is 0 Å². The molecule has 0 saturated carbocycles. The molecular formula is C65H64N2. The maximum Gasteiger partial charge on any atom is 0.0541 e. The van der Waals surface area contributed by atoms with Gasteiger partial charge in [0.15, 0.2) is 0 Å². The SMILES string of the molecule is C=CC.CC.CC1=CC=C(c2ccc(-n3c4ccccc4c4ccccc43)cc2)CC1.Cc1ccc2c(c1)-c1ccccc1C2(C)C.Cc1ccc2c(c1)c1ccccc1n2-c1ccccc1. The average molecular weight is 873 g/mol. The standard InChI is InChI=1S/C25H21N.C19H15N.C16H16.C3H6.C2H6/c1-18-10-12-19(13-11-18)20-14-16-21(17-15-20)26-24-8-4-2-6-22(24)23-7-3-5-9-25(23)26;1-14-11-12-19-17(13-14)16-9-5-6-10-18(16)20(19)15-7-3-2-4-8-15;1-11-8-9-15-13(10-11)12-6-4-5-7-14(12)16(15,2)3;1-3-2;1-2/h2-10,12,14-17H,11,13H2,1H3;2-13H,1H3;4-10H,1-3H3;3H,1H2,2H3;1-2H3. The van der Waals surface area contributed by atoms with Crippen LogP contribution in [0.15, 0.2) is 218 Å². The van der Waals surface area contributed by atoms with Crippen molar-refractivity contribution in [2.75, 3.05) is 0 Å². The second kappa shape index (κ2) is 20.4. The lowest BCUT2D eigenvalue weighted by atomic mass is 9.82. The third-order valence-corrected chi connectivity index (χ3v) is 13.0. The van der Waals surface area contributed by atoms with Gasteiger partial charge in [-0.15, -0.1) is 6.58 Å². The molecule has 2 heteroatoms. The molecule has 0 unspecified atom stereocenters. The first-order valence-corrected chi connectivity index (χ1v) is 24.0. The third kappa shape index (κ3) is 9.22. The fourth-order valence-electron chi connectivity index (χ4n) is 9.78. The predicted octanol–water partition coefficient (Wildman–Crippen LogP) is 18.5. The van der Waals surface area contributed by atoms with Gasteiger partial charge in [0.25, 0.3) is 0 Å². The quantitative estimate of drug-likeness (QED) is 0.157. The number of benzene rings is 8. The maximum atomic E-state index is 3.36. The number of rotatable bonds is 3. The first-order chi connectivity index (χ1) is 32.7. The van der Waals surface area contributed by atoms with E-state index in [0.29, 0.717) is 0 Å². The van der Waals surface area contributed by atoms with Crippen molar-refractivity contribution >= 4 is 49.2 Å². The van der Waals surface area contributed by atoms with Gasteiger partial charge in [0.1, 0.15) is 0 Å². The predicted molar refractivity (Wildman–Crippen MR) is 293 cm³/mol. The fourth-order valence-corrected chi connectivity index (χ4v) is 9.78. The van der Waals surface area contributed by atoms with E-state index in [1.54, 1.807) is 6.08 Å². The summed E-state index contributed by atoms with van der Waals surface area (Å²) in [6.45, 7) is 20.4. The second-order valence-electron chi connectivity index (χ2n) is 18.0. The zero-order chi connectivity index (χ0) is 47.1. The third-order valence-electron chi connectivity index (χ3n) is 13.0. The Morgan fingerprint density at radius 1 is 0.448 bits per heavy atom. The number of aryl methyl sites for hydroxylation is 2. The van der Waals surface area contributed by atoms with Gasteiger partial charge in [-0.3, -0.25) is 0 Å². The van der Waals surface area contributed by atoms with Crippen LogP contribution in [0.3, 0.4) is 0 Å². The van der Waals surface area contributed by atoms with Gasteiger partial charge in [-0.05, 0) is 129 Å². The normalized spacial score (nSPS) is 13.0. The summed E-state index contributed by atoms with van der Waals surface area (Å²) in [5, 5.41) is 5.25. The molecule has 2 heterocycles. The van der Waals surface area contributed by atoms with Crippen LogP contribution >= 0.6 is 0 Å². The van der Waals surface area contributed by atoms with Crippen molar-refractivity contribution in [2.24, 2.45) is 0 Å². The molecule has 12 rings (SSSR count). The largest absolute Gasteiger partial charge is 0.309 e. The summed E-state index contributed by atoms with van der Waals surface area (Å²) in [7, 11) is 0. The highest BCUT2D eigenvalue weighted by molar-refractivity contribution is 6.10. The van der Waals surface area contributed by atoms with Gasteiger partial charge in [0.2, 0.25) is 0 Å². The van der Waals surface area contributed by atoms with Gasteiger partial charge in [0.05, 0.1) is 22.1 Å². The molecule has 8 aromatic carbocycles. The highest BCUT2D eigenvalue weighted by Crippen LogP contribution is 2.48. The minimum atomic E-state index is 0.152. The van der Waals surface area contributed by atoms with Crippen LogP contribution in [0.2, 0.25) is 0 Å². The van der Waals surface area contributed by atoms with E-state index in [0.717, 1.165) is 6.42 Å². The fraction of sp³-hybridized carbons (Fsp3) is 0.169. The van der Waals surface area contributed by atoms with Crippen molar-refractivity contribution in [3.05, 3.63) is 246 Å². The van der Waals surface area contributed by atoms with Crippen molar-refractivity contribution in [3.8, 4) is 22.5 Å². The molecule has 2 aromatic heterocycles. The molecule has 2 aliphatic carbocycles. The minimum Gasteiger partial charge on any atom is -0.309 e. The average Bonchev–Trinajstić information content (AvgIpc) is 3.96. The lowest BCUT2D eigenvalue weighted by molar-refractivity contribution is 0.660. The van der Waals surface area contributed by atoms with Crippen LogP contribution in [0.4, 0.5) is 0 Å². The number of para-hydroxylation sites is 4. The molecule has 0 fully saturated rings. The number of hydrogen-bond donors (Lipinski definition) is 0. The van der Waals surface area contributed by atoms with Crippen LogP contribution in [-0.4, -0.2) is 9.13 Å². The monoisotopic (exact) mass is 873 g/mol. The van der Waals surface area contributed by atoms with Gasteiger partial charge in [-0.25, -0.2) is 0 Å². The number of nitrogens with zero attached hydrogens (tertiary/aromatic N) is 2. The molecule has 0 spiro atoms. The molecular weight excluding hydrogens is 809 g/mol. The first kappa shape index (κ1) is 46.1. The minimum absolute atomic E-state index is 0.152. The van der Waals surface area contributed by atoms with E-state index >= 15 is 0 Å². The molecule has 0 amide bonds. The highest BCUT2D eigenvalue weighted by atomic mass is 15.0. The van der Waals surface area contributed by atoms with Crippen LogP contribution in [0, 0.1) is 13.8 Å². The van der Waals surface area contributed by atoms with E-state index in [2.05, 4.69) is 251 Å². The van der Waals surface area contributed by atoms with Gasteiger partial charge < -0.3 is 9.13 Å². The van der Waals surface area contributed by atoms with Crippen molar-refractivity contribution in [1.29, 1.82) is 0 Å². The van der Waals surface area contributed by atoms with E-state index in [4.69, 9.17) is 0 Å². The summed E-state index contributed by atoms with van der Waals surface area (Å²) in [4.78, 5) is 0. The molecule has 10 aromatic rings. The summed E-state index contributed by atoms with van der Waals surface area (Å²) in [6, 6.07) is 67.7. The zero-order valence-corrected chi connectivity index (χ0v) is 40.6. The van der Waals surface area contributed by atoms with Crippen molar-refractivity contribution in [3.63, 3.8) is 0 Å². The van der Waals surface area contributed by atoms with Gasteiger partial charge in [-0.2, -0.15) is 0 Å². The van der Waals surface area contributed by atoms with Crippen molar-refractivity contribution in [2.45, 2.75) is 73.6 Å². The van der Waals surface area contributed by atoms with Gasteiger partial charge in [-0.1, -0.05) is 196 Å². The number of fused-ring (bicyclic) bond motifs is 9. The Bertz CT molecular complexity index is 3330. The van der Waals surface area contributed by atoms with Crippen molar-refractivity contribution in [1.82, 2.24) is 9.13 Å². The number of aromatic nitrogens is 2. The summed E-state index contributed by atoms with van der Waals surface area (Å²) < 4.78 is 4.71. The Hall–Kier alpha value is -7.42. The molecule has 334 valence electrons. The molecule has 2 aliphatic rings. The van der Waals surface area contributed by atoms with E-state index in [1.165, 1.54) is 111 Å². The lowest BCUT2D eigenvalue weighted by Crippen LogP contribution is -2.14. The molecule has 0 bridgehead atoms. The molecule has 0 N–H and O–H groups in total. The Labute approximate surface area is 398 Å². The Morgan fingerprint density at radius 3 is 1.49 bits per heavy atom.